The molecule has 0 unspecified atom stereocenters. The van der Waals surface area contributed by atoms with E-state index in [9.17, 15) is 27.1 Å². The van der Waals surface area contributed by atoms with E-state index in [2.05, 4.69) is 10.3 Å². The van der Waals surface area contributed by atoms with Crippen LogP contribution in [0.3, 0.4) is 0 Å². The lowest BCUT2D eigenvalue weighted by atomic mass is 9.96. The number of amides is 1. The van der Waals surface area contributed by atoms with Crippen molar-refractivity contribution in [2.24, 2.45) is 5.73 Å². The monoisotopic (exact) mass is 551 g/mol. The van der Waals surface area contributed by atoms with Gasteiger partial charge < -0.3 is 20.9 Å². The summed E-state index contributed by atoms with van der Waals surface area (Å²) in [6, 6.07) is 8.11. The van der Waals surface area contributed by atoms with Crippen LogP contribution in [0.1, 0.15) is 48.8 Å². The van der Waals surface area contributed by atoms with Gasteiger partial charge in [0.05, 0.1) is 39.5 Å². The summed E-state index contributed by atoms with van der Waals surface area (Å²) in [6.45, 7) is 4.93. The lowest BCUT2D eigenvalue weighted by Crippen LogP contribution is -2.29. The Labute approximate surface area is 217 Å². The number of thiophene rings is 1. The molecule has 4 rings (SSSR count). The second-order valence-electron chi connectivity index (χ2n) is 9.44. The molecular formula is C25H27F2N3O5S2. The van der Waals surface area contributed by atoms with Gasteiger partial charge in [-0.1, -0.05) is 6.07 Å². The number of anilines is 2. The zero-order valence-electron chi connectivity index (χ0n) is 20.4. The first-order chi connectivity index (χ1) is 17.3. The summed E-state index contributed by atoms with van der Waals surface area (Å²) in [7, 11) is -3.52. The fourth-order valence-electron chi connectivity index (χ4n) is 4.19. The van der Waals surface area contributed by atoms with E-state index in [1.54, 1.807) is 25.1 Å². The SMILES string of the molecule is C[C@H]1OCC[C@@H]1S(=O)(=O)Cc1cccc(Nc2sc(-c3c(F)cc(C(C)(C)O)cc3F)cc2C(N)=O)n1. The predicted molar refractivity (Wildman–Crippen MR) is 137 cm³/mol. The molecule has 0 bridgehead atoms. The summed E-state index contributed by atoms with van der Waals surface area (Å²) in [6.07, 6.45) is 0.0259. The first-order valence-electron chi connectivity index (χ1n) is 11.5. The van der Waals surface area contributed by atoms with E-state index in [4.69, 9.17) is 10.5 Å². The van der Waals surface area contributed by atoms with Gasteiger partial charge in [0.15, 0.2) is 9.84 Å². The third-order valence-electron chi connectivity index (χ3n) is 6.16. The van der Waals surface area contributed by atoms with E-state index in [-0.39, 0.29) is 38.1 Å². The van der Waals surface area contributed by atoms with Crippen molar-refractivity contribution in [2.45, 2.75) is 49.9 Å². The summed E-state index contributed by atoms with van der Waals surface area (Å²) in [4.78, 5) is 16.6. The van der Waals surface area contributed by atoms with Crippen LogP contribution >= 0.6 is 11.3 Å². The van der Waals surface area contributed by atoms with Crippen LogP contribution < -0.4 is 11.1 Å². The molecule has 1 aliphatic rings. The maximum atomic E-state index is 14.9. The quantitative estimate of drug-likeness (QED) is 0.381. The topological polar surface area (TPSA) is 132 Å². The Balaban J connectivity index is 1.64. The van der Waals surface area contributed by atoms with Crippen LogP contribution in [0.5, 0.6) is 0 Å². The third kappa shape index (κ3) is 5.82. The van der Waals surface area contributed by atoms with Gasteiger partial charge in [0.25, 0.3) is 5.91 Å². The molecule has 1 aliphatic heterocycles. The van der Waals surface area contributed by atoms with Gasteiger partial charge in [-0.05, 0) is 63.1 Å². The fourth-order valence-corrected chi connectivity index (χ4v) is 7.22. The van der Waals surface area contributed by atoms with E-state index < -0.39 is 44.3 Å². The average molecular weight is 552 g/mol. The van der Waals surface area contributed by atoms with Gasteiger partial charge in [-0.3, -0.25) is 4.79 Å². The van der Waals surface area contributed by atoms with Crippen LogP contribution in [0.4, 0.5) is 19.6 Å². The number of benzene rings is 1. The Hall–Kier alpha value is -2.93. The van der Waals surface area contributed by atoms with E-state index in [1.807, 2.05) is 0 Å². The zero-order valence-corrected chi connectivity index (χ0v) is 22.1. The molecule has 1 amide bonds. The molecule has 0 radical (unpaired) electrons. The molecule has 1 saturated heterocycles. The van der Waals surface area contributed by atoms with Crippen molar-refractivity contribution in [3.8, 4) is 10.4 Å². The molecule has 3 heterocycles. The minimum absolute atomic E-state index is 0.0119. The third-order valence-corrected chi connectivity index (χ3v) is 9.47. The molecule has 198 valence electrons. The van der Waals surface area contributed by atoms with Crippen LogP contribution in [-0.4, -0.2) is 42.4 Å². The van der Waals surface area contributed by atoms with Crippen molar-refractivity contribution in [1.29, 1.82) is 0 Å². The molecule has 1 fully saturated rings. The highest BCUT2D eigenvalue weighted by Gasteiger charge is 2.36. The number of primary amides is 1. The minimum Gasteiger partial charge on any atom is -0.386 e. The number of sulfone groups is 1. The smallest absolute Gasteiger partial charge is 0.251 e. The molecule has 0 aliphatic carbocycles. The highest BCUT2D eigenvalue weighted by atomic mass is 32.2. The van der Waals surface area contributed by atoms with Crippen molar-refractivity contribution in [1.82, 2.24) is 4.98 Å². The highest BCUT2D eigenvalue weighted by molar-refractivity contribution is 7.91. The van der Waals surface area contributed by atoms with Gasteiger partial charge in [-0.2, -0.15) is 0 Å². The summed E-state index contributed by atoms with van der Waals surface area (Å²) < 4.78 is 60.9. The van der Waals surface area contributed by atoms with Gasteiger partial charge >= 0.3 is 0 Å². The van der Waals surface area contributed by atoms with Crippen LogP contribution in [0.2, 0.25) is 0 Å². The normalized spacial score (nSPS) is 18.2. The predicted octanol–water partition coefficient (Wildman–Crippen LogP) is 4.25. The molecule has 2 aromatic heterocycles. The second kappa shape index (κ2) is 10.1. The van der Waals surface area contributed by atoms with E-state index in [1.165, 1.54) is 19.9 Å². The number of halogens is 2. The highest BCUT2D eigenvalue weighted by Crippen LogP contribution is 2.40. The van der Waals surface area contributed by atoms with Crippen molar-refractivity contribution in [3.05, 3.63) is 64.9 Å². The Morgan fingerprint density at radius 1 is 1.27 bits per heavy atom. The molecule has 4 N–H and O–H groups in total. The maximum absolute atomic E-state index is 14.9. The van der Waals surface area contributed by atoms with Crippen molar-refractivity contribution in [3.63, 3.8) is 0 Å². The molecule has 0 spiro atoms. The maximum Gasteiger partial charge on any atom is 0.251 e. The number of nitrogens with one attached hydrogen (secondary N) is 1. The van der Waals surface area contributed by atoms with Gasteiger partial charge in [-0.15, -0.1) is 11.3 Å². The van der Waals surface area contributed by atoms with Crippen LogP contribution in [0.25, 0.3) is 10.4 Å². The molecule has 2 atom stereocenters. The Morgan fingerprint density at radius 2 is 1.95 bits per heavy atom. The largest absolute Gasteiger partial charge is 0.386 e. The standard InChI is InChI=1S/C25H27F2N3O5S2/c1-13-20(7-8-35-13)37(33,34)12-15-5-4-6-21(29-15)30-24-16(23(28)31)11-19(36-24)22-17(26)9-14(10-18(22)27)25(2,3)32/h4-6,9-11,13,20,32H,7-8,12H2,1-3H3,(H2,28,31)(H,29,30)/t13-,20+/m1/s1. The number of ether oxygens (including phenoxy) is 1. The first-order valence-corrected chi connectivity index (χ1v) is 14.0. The molecular weight excluding hydrogens is 524 g/mol. The average Bonchev–Trinajstić information content (AvgIpc) is 3.39. The number of rotatable bonds is 8. The fraction of sp³-hybridized carbons (Fsp3) is 0.360. The van der Waals surface area contributed by atoms with Gasteiger partial charge in [0.2, 0.25) is 0 Å². The number of hydrogen-bond acceptors (Lipinski definition) is 8. The Morgan fingerprint density at radius 3 is 2.51 bits per heavy atom. The number of aliphatic hydroxyl groups is 1. The van der Waals surface area contributed by atoms with E-state index in [0.717, 1.165) is 23.5 Å². The summed E-state index contributed by atoms with van der Waals surface area (Å²) in [5.74, 6) is -2.69. The van der Waals surface area contributed by atoms with Gasteiger partial charge in [0.1, 0.15) is 22.5 Å². The number of carbonyl (C=O) groups excluding carboxylic acids is 1. The molecule has 0 saturated carbocycles. The molecule has 1 aromatic carbocycles. The number of hydrogen-bond donors (Lipinski definition) is 3. The van der Waals surface area contributed by atoms with Crippen molar-refractivity contribution >= 4 is 37.9 Å². The van der Waals surface area contributed by atoms with E-state index in [0.29, 0.717) is 18.7 Å². The molecule has 12 heteroatoms. The zero-order chi connectivity index (χ0) is 27.1. The van der Waals surface area contributed by atoms with Crippen molar-refractivity contribution < 1.29 is 31.8 Å². The summed E-state index contributed by atoms with van der Waals surface area (Å²) >= 11 is 0.888. The number of carbonyl (C=O) groups is 1. The first kappa shape index (κ1) is 27.1. The molecule has 8 nitrogen and oxygen atoms in total. The summed E-state index contributed by atoms with van der Waals surface area (Å²) in [5.41, 5.74) is 4.03. The Kier molecular flexibility index (Phi) is 7.39. The number of pyridine rings is 1. The van der Waals surface area contributed by atoms with Gasteiger partial charge in [-0.25, -0.2) is 22.2 Å². The van der Waals surface area contributed by atoms with Gasteiger partial charge in [0, 0.05) is 11.5 Å². The Bertz CT molecular complexity index is 1430. The van der Waals surface area contributed by atoms with Crippen LogP contribution in [0, 0.1) is 11.6 Å². The minimum atomic E-state index is -3.52. The number of aromatic nitrogens is 1. The molecule has 3 aromatic rings. The van der Waals surface area contributed by atoms with Crippen LogP contribution in [-0.2, 0) is 25.9 Å². The number of nitrogens with zero attached hydrogens (tertiary/aromatic N) is 1. The number of nitrogens with two attached hydrogens (primary N) is 1. The van der Waals surface area contributed by atoms with E-state index >= 15 is 0 Å². The van der Waals surface area contributed by atoms with Crippen LogP contribution in [0.15, 0.2) is 36.4 Å². The van der Waals surface area contributed by atoms with Crippen molar-refractivity contribution in [2.75, 3.05) is 11.9 Å². The lowest BCUT2D eigenvalue weighted by molar-refractivity contribution is 0.0778. The molecule has 37 heavy (non-hydrogen) atoms. The lowest BCUT2D eigenvalue weighted by Gasteiger charge is -2.18. The summed E-state index contributed by atoms with van der Waals surface area (Å²) in [5, 5.41) is 12.6. The second-order valence-corrected chi connectivity index (χ2v) is 12.7.